The Morgan fingerprint density at radius 2 is 1.09 bits per heavy atom. The van der Waals surface area contributed by atoms with Gasteiger partial charge in [0.05, 0.1) is 26.4 Å². The third-order valence-electron chi connectivity index (χ3n) is 9.94. The number of hydrogen-bond acceptors (Lipinski definition) is 12. The van der Waals surface area contributed by atoms with Gasteiger partial charge < -0.3 is 34.2 Å². The minimum Gasteiger partial charge on any atom is -0.746 e. The molecule has 0 aromatic heterocycles. The fraction of sp³-hybridized carbons (Fsp3) is 0.632. The second-order valence-corrected chi connectivity index (χ2v) is 15.7. The molecule has 16 heteroatoms. The van der Waals surface area contributed by atoms with Crippen LogP contribution >= 0.6 is 0 Å². The van der Waals surface area contributed by atoms with Crippen LogP contribution in [0.3, 0.4) is 0 Å². The van der Waals surface area contributed by atoms with Gasteiger partial charge in [-0.2, -0.15) is 0 Å². The van der Waals surface area contributed by atoms with E-state index in [0.717, 1.165) is 104 Å². The Bertz CT molecular complexity index is 1500. The number of carbonyl (C=O) groups is 2. The van der Waals surface area contributed by atoms with Gasteiger partial charge in [0.25, 0.3) is 11.8 Å². The second-order valence-electron chi connectivity index (χ2n) is 14.3. The first-order valence-corrected chi connectivity index (χ1v) is 20.3. The summed E-state index contributed by atoms with van der Waals surface area (Å²) in [4.78, 5) is 35.9. The smallest absolute Gasteiger partial charge is 0.746 e. The number of morpholine rings is 2. The summed E-state index contributed by atoms with van der Waals surface area (Å²) in [5.74, 6) is 0.0238. The van der Waals surface area contributed by atoms with Crippen LogP contribution in [0.4, 0.5) is 0 Å². The van der Waals surface area contributed by atoms with E-state index in [1.54, 1.807) is 4.90 Å². The van der Waals surface area contributed by atoms with Crippen LogP contribution in [0.15, 0.2) is 48.5 Å². The Kier molecular flexibility index (Phi) is 20.0. The first kappa shape index (κ1) is 46.4. The molecule has 0 saturated carbocycles. The van der Waals surface area contributed by atoms with Crippen LogP contribution in [0, 0.1) is 0 Å². The Morgan fingerprint density at radius 1 is 0.685 bits per heavy atom. The normalized spacial score (nSPS) is 19.6. The van der Waals surface area contributed by atoms with E-state index in [-0.39, 0.29) is 46.9 Å². The molecule has 54 heavy (non-hydrogen) atoms. The fourth-order valence-corrected chi connectivity index (χ4v) is 6.98. The van der Waals surface area contributed by atoms with Crippen molar-refractivity contribution in [1.29, 1.82) is 0 Å². The van der Waals surface area contributed by atoms with Crippen molar-refractivity contribution in [3.63, 3.8) is 0 Å². The number of piperazine rings is 2. The maximum Gasteiger partial charge on any atom is 1.00 e. The number of nitrogens with zero attached hydrogens (tertiary/aromatic N) is 5. The van der Waals surface area contributed by atoms with Crippen molar-refractivity contribution in [3.8, 4) is 0 Å². The Labute approximate surface area is 344 Å². The van der Waals surface area contributed by atoms with Crippen LogP contribution in [0.1, 0.15) is 65.0 Å². The predicted molar refractivity (Wildman–Crippen MR) is 203 cm³/mol. The molecule has 296 valence electrons. The molecule has 4 aliphatic rings. The van der Waals surface area contributed by atoms with Gasteiger partial charge in [-0.1, -0.05) is 24.3 Å². The van der Waals surface area contributed by atoms with Gasteiger partial charge in [0.1, 0.15) is 10.1 Å². The zero-order chi connectivity index (χ0) is 38.4. The molecule has 2 aromatic carbocycles. The molecule has 6 rings (SSSR count). The average molecular weight is 783 g/mol. The van der Waals surface area contributed by atoms with Crippen LogP contribution in [-0.4, -0.2) is 171 Å². The summed E-state index contributed by atoms with van der Waals surface area (Å²) in [5.41, 5.74) is 0.321. The molecule has 0 bridgehead atoms. The van der Waals surface area contributed by atoms with Gasteiger partial charge in [0.15, 0.2) is 5.44 Å². The van der Waals surface area contributed by atoms with E-state index in [1.807, 2.05) is 17.0 Å². The molecular formula is C38H59N6NaO8S. The molecule has 0 aliphatic carbocycles. The second kappa shape index (κ2) is 23.3. The van der Waals surface area contributed by atoms with Crippen molar-refractivity contribution in [3.05, 3.63) is 70.8 Å². The number of hydrogen-bond donors (Lipinski definition) is 2. The molecular weight excluding hydrogens is 724 g/mol. The summed E-state index contributed by atoms with van der Waals surface area (Å²) in [7, 11) is -4.82. The minimum absolute atomic E-state index is 0. The van der Waals surface area contributed by atoms with E-state index in [0.29, 0.717) is 30.7 Å². The van der Waals surface area contributed by atoms with Crippen molar-refractivity contribution in [1.82, 2.24) is 29.8 Å². The number of ether oxygens (including phenoxy) is 2. The minimum atomic E-state index is -4.82. The van der Waals surface area contributed by atoms with Crippen LogP contribution in [0.5, 0.6) is 0 Å². The van der Waals surface area contributed by atoms with Gasteiger partial charge in [-0.05, 0) is 63.1 Å². The van der Waals surface area contributed by atoms with Crippen molar-refractivity contribution >= 4 is 21.9 Å². The summed E-state index contributed by atoms with van der Waals surface area (Å²) in [6, 6.07) is 14.6. The number of amides is 2. The van der Waals surface area contributed by atoms with Crippen LogP contribution in [-0.2, 0) is 26.1 Å². The molecule has 2 aromatic rings. The number of benzene rings is 2. The summed E-state index contributed by atoms with van der Waals surface area (Å²) in [5, 5.41) is 12.6. The van der Waals surface area contributed by atoms with Gasteiger partial charge in [-0.15, -0.1) is 0 Å². The summed E-state index contributed by atoms with van der Waals surface area (Å²) >= 11 is 0. The first-order valence-electron chi connectivity index (χ1n) is 18.8. The van der Waals surface area contributed by atoms with Crippen molar-refractivity contribution in [2.75, 3.05) is 105 Å². The van der Waals surface area contributed by atoms with Crippen LogP contribution < -0.4 is 34.9 Å². The van der Waals surface area contributed by atoms with Gasteiger partial charge in [0, 0.05) is 108 Å². The molecule has 0 radical (unpaired) electrons. The van der Waals surface area contributed by atoms with Crippen molar-refractivity contribution in [2.45, 2.75) is 51.8 Å². The maximum absolute atomic E-state index is 12.7. The third kappa shape index (κ3) is 14.8. The van der Waals surface area contributed by atoms with Crippen molar-refractivity contribution < 1.29 is 66.7 Å². The monoisotopic (exact) mass is 782 g/mol. The quantitative estimate of drug-likeness (QED) is 0.241. The zero-order valence-electron chi connectivity index (χ0n) is 32.8. The molecule has 4 fully saturated rings. The van der Waals surface area contributed by atoms with E-state index in [1.165, 1.54) is 29.8 Å². The molecule has 2 amide bonds. The number of nitrogens with one attached hydrogen (secondary N) is 1. The van der Waals surface area contributed by atoms with Gasteiger partial charge in [-0.25, -0.2) is 8.42 Å². The summed E-state index contributed by atoms with van der Waals surface area (Å²) < 4.78 is 42.8. The van der Waals surface area contributed by atoms with E-state index in [2.05, 4.69) is 59.8 Å². The van der Waals surface area contributed by atoms with Crippen molar-refractivity contribution in [2.24, 2.45) is 0 Å². The predicted octanol–water partition coefficient (Wildman–Crippen LogP) is -1.32. The summed E-state index contributed by atoms with van der Waals surface area (Å²) in [6.07, 6.45) is 0. The number of rotatable bonds is 8. The van der Waals surface area contributed by atoms with Gasteiger partial charge in [-0.3, -0.25) is 24.3 Å². The number of aliphatic hydroxyl groups is 1. The van der Waals surface area contributed by atoms with Crippen LogP contribution in [0.25, 0.3) is 0 Å². The molecule has 1 atom stereocenters. The zero-order valence-corrected chi connectivity index (χ0v) is 35.6. The van der Waals surface area contributed by atoms with E-state index < -0.39 is 15.6 Å². The average Bonchev–Trinajstić information content (AvgIpc) is 3.18. The molecule has 4 saturated heterocycles. The Balaban J connectivity index is 0.000000247. The third-order valence-corrected chi connectivity index (χ3v) is 10.8. The van der Waals surface area contributed by atoms with Gasteiger partial charge in [0.2, 0.25) is 0 Å². The summed E-state index contributed by atoms with van der Waals surface area (Å²) in [6.45, 7) is 23.5. The molecule has 1 unspecified atom stereocenters. The Hall–Kier alpha value is -1.99. The first-order chi connectivity index (χ1) is 25.3. The van der Waals surface area contributed by atoms with E-state index in [9.17, 15) is 27.7 Å². The fourth-order valence-electron chi connectivity index (χ4n) is 6.49. The Morgan fingerprint density at radius 3 is 1.44 bits per heavy atom. The molecule has 4 heterocycles. The molecule has 0 spiro atoms. The number of carbonyl (C=O) groups excluding carboxylic acids is 2. The molecule has 2 N–H and O–H groups in total. The SMILES string of the molecule is C1COCCN1.CC(C)N1CCN(C(=O)c2ccc(C(O)S(=O)(=O)[O-])cc2)CC1.CC(C)N1CCN(C(=O)c2ccc(CN3CCOCC3)cc2)CC1.[Na+]. The van der Waals surface area contributed by atoms with Gasteiger partial charge >= 0.3 is 29.6 Å². The molecule has 4 aliphatic heterocycles. The number of aliphatic hydroxyl groups excluding tert-OH is 1. The maximum atomic E-state index is 12.7. The van der Waals surface area contributed by atoms with E-state index in [4.69, 9.17) is 9.47 Å². The topological polar surface area (TPSA) is 158 Å². The standard InChI is InChI=1S/C19H29N3O2.C15H22N2O5S.C4H9NO.Na/c1-16(2)21-7-9-22(10-8-21)19(23)18-5-3-17(4-6-18)15-20-11-13-24-14-12-20;1-11(2)16-7-9-17(10-8-16)14(18)12-3-5-13(6-4-12)15(19)23(20,21)22;1-3-6-4-2-5-1;/h3-6,16H,7-15H2,1-2H3;3-6,11,15,19H,7-10H2,1-2H3,(H,20,21,22);5H,1-4H2;/q;;;+1/p-1. The largest absolute Gasteiger partial charge is 1.00 e. The van der Waals surface area contributed by atoms with Crippen LogP contribution in [0.2, 0.25) is 0 Å². The van der Waals surface area contributed by atoms with E-state index >= 15 is 0 Å². The molecule has 14 nitrogen and oxygen atoms in total.